The molecule has 5 heteroatoms. The van der Waals surface area contributed by atoms with Gasteiger partial charge in [0.2, 0.25) is 0 Å². The van der Waals surface area contributed by atoms with Crippen LogP contribution >= 0.6 is 0 Å². The third-order valence-corrected chi connectivity index (χ3v) is 1.18. The summed E-state index contributed by atoms with van der Waals surface area (Å²) >= 11 is 0. The smallest absolute Gasteiger partial charge is 0.337 e. The summed E-state index contributed by atoms with van der Waals surface area (Å²) in [5.41, 5.74) is 0. The third kappa shape index (κ3) is 15.1. The number of carbonyl (C=O) groups is 3. The summed E-state index contributed by atoms with van der Waals surface area (Å²) in [5.74, 6) is -3.38. The Morgan fingerprint density at radius 2 is 1.73 bits per heavy atom. The lowest BCUT2D eigenvalue weighted by atomic mass is 10.4. The number of hydrogen-bond acceptors (Lipinski definition) is 4. The average molecular weight is 216 g/mol. The lowest BCUT2D eigenvalue weighted by Crippen LogP contribution is -2.13. The van der Waals surface area contributed by atoms with Crippen molar-refractivity contribution < 1.29 is 24.2 Å². The molecule has 1 N–H and O–H groups in total. The van der Waals surface area contributed by atoms with E-state index in [2.05, 4.69) is 25.2 Å². The molecule has 15 heavy (non-hydrogen) atoms. The monoisotopic (exact) mass is 216 g/mol. The fourth-order valence-electron chi connectivity index (χ4n) is 0.313. The van der Waals surface area contributed by atoms with Gasteiger partial charge in [0.1, 0.15) is 6.42 Å². The van der Waals surface area contributed by atoms with Crippen LogP contribution in [-0.4, -0.2) is 23.0 Å². The molecule has 0 radical (unpaired) electrons. The van der Waals surface area contributed by atoms with Gasteiger partial charge in [-0.05, 0) is 0 Å². The Balaban J connectivity index is 0. The molecule has 0 aromatic heterocycles. The molecule has 0 fully saturated rings. The van der Waals surface area contributed by atoms with Crippen LogP contribution < -0.4 is 0 Å². The second-order valence-corrected chi connectivity index (χ2v) is 2.57. The highest BCUT2D eigenvalue weighted by Crippen LogP contribution is 1.87. The normalized spacial score (nSPS) is 8.13. The number of esters is 2. The van der Waals surface area contributed by atoms with Gasteiger partial charge in [-0.15, -0.1) is 0 Å². The first kappa shape index (κ1) is 15.8. The number of aliphatic carboxylic acids is 1. The minimum Gasteiger partial charge on any atom is -0.481 e. The summed E-state index contributed by atoms with van der Waals surface area (Å²) in [6.45, 7) is 7.38. The number of hydrogen-bond donors (Lipinski definition) is 1. The first-order valence-electron chi connectivity index (χ1n) is 4.56. The quantitative estimate of drug-likeness (QED) is 0.437. The average Bonchev–Trinajstić information content (AvgIpc) is 2.16. The van der Waals surface area contributed by atoms with E-state index >= 15 is 0 Å². The van der Waals surface area contributed by atoms with Gasteiger partial charge in [0.15, 0.2) is 0 Å². The van der Waals surface area contributed by atoms with E-state index in [0.29, 0.717) is 0 Å². The van der Waals surface area contributed by atoms with E-state index in [4.69, 9.17) is 5.11 Å². The predicted molar refractivity (Wildman–Crippen MR) is 54.1 cm³/mol. The molecule has 0 aromatic rings. The summed E-state index contributed by atoms with van der Waals surface area (Å²) in [7, 11) is 0. The van der Waals surface area contributed by atoms with Gasteiger partial charge in [-0.3, -0.25) is 9.59 Å². The van der Waals surface area contributed by atoms with Crippen molar-refractivity contribution in [3.05, 3.63) is 12.7 Å². The molecule has 0 spiro atoms. The van der Waals surface area contributed by atoms with E-state index in [1.807, 2.05) is 0 Å². The topological polar surface area (TPSA) is 80.7 Å². The second-order valence-electron chi connectivity index (χ2n) is 2.57. The molecule has 0 amide bonds. The molecule has 0 aliphatic carbocycles. The highest BCUT2D eigenvalue weighted by molar-refractivity contribution is 5.98. The van der Waals surface area contributed by atoms with Crippen molar-refractivity contribution in [1.82, 2.24) is 0 Å². The van der Waals surface area contributed by atoms with Crippen molar-refractivity contribution in [3.8, 4) is 0 Å². The van der Waals surface area contributed by atoms with E-state index in [9.17, 15) is 14.4 Å². The Morgan fingerprint density at radius 3 is 2.00 bits per heavy atom. The van der Waals surface area contributed by atoms with Crippen molar-refractivity contribution in [2.45, 2.75) is 33.1 Å². The minimum atomic E-state index is -1.34. The fraction of sp³-hybridized carbons (Fsp3) is 0.500. The van der Waals surface area contributed by atoms with Gasteiger partial charge >= 0.3 is 17.9 Å². The first-order chi connectivity index (χ1) is 6.97. The molecule has 5 nitrogen and oxygen atoms in total. The van der Waals surface area contributed by atoms with Crippen LogP contribution in [0.25, 0.3) is 0 Å². The molecule has 0 saturated heterocycles. The zero-order valence-electron chi connectivity index (χ0n) is 8.99. The summed E-state index contributed by atoms with van der Waals surface area (Å²) in [4.78, 5) is 30.4. The number of ether oxygens (including phenoxy) is 1. The van der Waals surface area contributed by atoms with Gasteiger partial charge in [0, 0.05) is 6.08 Å². The lowest BCUT2D eigenvalue weighted by molar-refractivity contribution is -0.158. The molecular weight excluding hydrogens is 200 g/mol. The van der Waals surface area contributed by atoms with Crippen LogP contribution in [-0.2, 0) is 19.1 Å². The Bertz CT molecular complexity index is 230. The zero-order chi connectivity index (χ0) is 12.3. The van der Waals surface area contributed by atoms with E-state index in [1.165, 1.54) is 12.8 Å². The minimum absolute atomic E-state index is 0.778. The molecule has 86 valence electrons. The Labute approximate surface area is 88.7 Å². The van der Waals surface area contributed by atoms with Crippen LogP contribution in [0.3, 0.4) is 0 Å². The maximum atomic E-state index is 10.4. The standard InChI is InChI=1S/C6H6O5.C4H10/c1-2-5(9)11-6(10)3-4(7)8;1-3-4-2/h2H,1,3H2,(H,7,8);3-4H2,1-2H3. The number of unbranched alkanes of at least 4 members (excludes halogenated alkanes) is 1. The molecule has 0 aliphatic heterocycles. The predicted octanol–water partition coefficient (Wildman–Crippen LogP) is 1.52. The maximum absolute atomic E-state index is 10.4. The van der Waals surface area contributed by atoms with Gasteiger partial charge in [-0.1, -0.05) is 33.3 Å². The Hall–Kier alpha value is -1.65. The van der Waals surface area contributed by atoms with Gasteiger partial charge < -0.3 is 9.84 Å². The van der Waals surface area contributed by atoms with Crippen molar-refractivity contribution >= 4 is 17.9 Å². The summed E-state index contributed by atoms with van der Waals surface area (Å²) in [6, 6.07) is 0. The maximum Gasteiger partial charge on any atom is 0.337 e. The SMILES string of the molecule is C=CC(=O)OC(=O)CC(=O)O.CCCC. The van der Waals surface area contributed by atoms with Crippen molar-refractivity contribution in [1.29, 1.82) is 0 Å². The van der Waals surface area contributed by atoms with Gasteiger partial charge in [0.25, 0.3) is 0 Å². The number of carbonyl (C=O) groups excluding carboxylic acids is 2. The molecule has 0 aliphatic rings. The number of carboxylic acids is 1. The van der Waals surface area contributed by atoms with Crippen LogP contribution in [0.2, 0.25) is 0 Å². The molecule has 0 saturated carbocycles. The second kappa shape index (κ2) is 10.4. The molecule has 0 unspecified atom stereocenters. The van der Waals surface area contributed by atoms with E-state index < -0.39 is 24.3 Å². The van der Waals surface area contributed by atoms with Crippen molar-refractivity contribution in [2.75, 3.05) is 0 Å². The molecule has 0 rings (SSSR count). The number of carboxylic acid groups (broad SMARTS) is 1. The van der Waals surface area contributed by atoms with Gasteiger partial charge in [0.05, 0.1) is 0 Å². The highest BCUT2D eigenvalue weighted by Gasteiger charge is 2.11. The zero-order valence-corrected chi connectivity index (χ0v) is 8.99. The summed E-state index contributed by atoms with van der Waals surface area (Å²) in [5, 5.41) is 8.03. The Morgan fingerprint density at radius 1 is 1.27 bits per heavy atom. The van der Waals surface area contributed by atoms with Gasteiger partial charge in [-0.2, -0.15) is 0 Å². The van der Waals surface area contributed by atoms with Crippen LogP contribution in [0, 0.1) is 0 Å². The Kier molecular flexibility index (Phi) is 11.0. The molecule has 0 heterocycles. The van der Waals surface area contributed by atoms with Crippen LogP contribution in [0.15, 0.2) is 12.7 Å². The van der Waals surface area contributed by atoms with Crippen molar-refractivity contribution in [2.24, 2.45) is 0 Å². The largest absolute Gasteiger partial charge is 0.481 e. The van der Waals surface area contributed by atoms with E-state index in [1.54, 1.807) is 0 Å². The van der Waals surface area contributed by atoms with Crippen LogP contribution in [0.5, 0.6) is 0 Å². The molecule has 0 aromatic carbocycles. The molecule has 0 atom stereocenters. The van der Waals surface area contributed by atoms with Crippen molar-refractivity contribution in [3.63, 3.8) is 0 Å². The van der Waals surface area contributed by atoms with E-state index in [0.717, 1.165) is 6.08 Å². The highest BCUT2D eigenvalue weighted by atomic mass is 16.6. The summed E-state index contributed by atoms with van der Waals surface area (Å²) in [6.07, 6.45) is 2.60. The lowest BCUT2D eigenvalue weighted by Gasteiger charge is -1.94. The first-order valence-corrected chi connectivity index (χ1v) is 4.56. The van der Waals surface area contributed by atoms with Crippen LogP contribution in [0.4, 0.5) is 0 Å². The van der Waals surface area contributed by atoms with Gasteiger partial charge in [-0.25, -0.2) is 4.79 Å². The molecule has 0 bridgehead atoms. The summed E-state index contributed by atoms with van der Waals surface area (Å²) < 4.78 is 3.93. The molecular formula is C10H16O5. The number of rotatable bonds is 4. The third-order valence-electron chi connectivity index (χ3n) is 1.18. The van der Waals surface area contributed by atoms with Crippen LogP contribution in [0.1, 0.15) is 33.1 Å². The fourth-order valence-corrected chi connectivity index (χ4v) is 0.313. The van der Waals surface area contributed by atoms with E-state index in [-0.39, 0.29) is 0 Å².